The second kappa shape index (κ2) is 10.8. The van der Waals surface area contributed by atoms with Gasteiger partial charge in [0.15, 0.2) is 28.6 Å². The van der Waals surface area contributed by atoms with Gasteiger partial charge in [0.05, 0.1) is 12.3 Å². The summed E-state index contributed by atoms with van der Waals surface area (Å²) in [5.74, 6) is 0.725. The fraction of sp³-hybridized carbons (Fsp3) is 0.217. The van der Waals surface area contributed by atoms with Crippen molar-refractivity contribution in [2.75, 3.05) is 24.2 Å². The zero-order chi connectivity index (χ0) is 23.9. The number of anilines is 1. The van der Waals surface area contributed by atoms with Crippen LogP contribution in [0, 0.1) is 5.82 Å². The molecule has 1 unspecified atom stereocenters. The SMILES string of the molecule is C=CCn1c(SCC(=O)NCC(=O)Nc2ccc(F)cc2)nnc1C1COc2ccccc2O1. The molecule has 3 aromatic rings. The van der Waals surface area contributed by atoms with Gasteiger partial charge < -0.3 is 20.1 Å². The minimum Gasteiger partial charge on any atom is -0.485 e. The predicted octanol–water partition coefficient (Wildman–Crippen LogP) is 2.96. The molecule has 11 heteroatoms. The fourth-order valence-corrected chi connectivity index (χ4v) is 3.98. The highest BCUT2D eigenvalue weighted by Crippen LogP contribution is 2.36. The van der Waals surface area contributed by atoms with Crippen LogP contribution in [0.4, 0.5) is 10.1 Å². The fourth-order valence-electron chi connectivity index (χ4n) is 3.19. The summed E-state index contributed by atoms with van der Waals surface area (Å²) in [6.07, 6.45) is 1.25. The summed E-state index contributed by atoms with van der Waals surface area (Å²) in [4.78, 5) is 24.2. The van der Waals surface area contributed by atoms with E-state index in [0.29, 0.717) is 34.7 Å². The quantitative estimate of drug-likeness (QED) is 0.356. The number of rotatable bonds is 9. The molecule has 0 bridgehead atoms. The average molecular weight is 484 g/mol. The summed E-state index contributed by atoms with van der Waals surface area (Å²) in [6.45, 7) is 4.27. The first-order valence-corrected chi connectivity index (χ1v) is 11.4. The van der Waals surface area contributed by atoms with E-state index >= 15 is 0 Å². The molecular weight excluding hydrogens is 461 g/mol. The second-order valence-electron chi connectivity index (χ2n) is 7.22. The number of carbonyl (C=O) groups excluding carboxylic acids is 2. The largest absolute Gasteiger partial charge is 0.485 e. The molecule has 2 N–H and O–H groups in total. The van der Waals surface area contributed by atoms with Crippen molar-refractivity contribution in [2.24, 2.45) is 0 Å². The lowest BCUT2D eigenvalue weighted by Crippen LogP contribution is -2.34. The summed E-state index contributed by atoms with van der Waals surface area (Å²) in [6, 6.07) is 12.7. The summed E-state index contributed by atoms with van der Waals surface area (Å²) in [7, 11) is 0. The van der Waals surface area contributed by atoms with Gasteiger partial charge in [-0.2, -0.15) is 0 Å². The molecule has 9 nitrogen and oxygen atoms in total. The Morgan fingerprint density at radius 3 is 2.68 bits per heavy atom. The third kappa shape index (κ3) is 5.73. The maximum atomic E-state index is 12.9. The van der Waals surface area contributed by atoms with Crippen LogP contribution in [0.15, 0.2) is 66.3 Å². The van der Waals surface area contributed by atoms with Crippen molar-refractivity contribution in [3.05, 3.63) is 72.8 Å². The molecule has 176 valence electrons. The Balaban J connectivity index is 1.31. The van der Waals surface area contributed by atoms with Gasteiger partial charge in [-0.1, -0.05) is 30.0 Å². The number of amides is 2. The number of nitrogens with zero attached hydrogens (tertiary/aromatic N) is 3. The Hall–Kier alpha value is -3.86. The van der Waals surface area contributed by atoms with Gasteiger partial charge in [-0.25, -0.2) is 4.39 Å². The molecule has 1 aliphatic heterocycles. The molecule has 2 heterocycles. The number of thioether (sulfide) groups is 1. The summed E-state index contributed by atoms with van der Waals surface area (Å²) >= 11 is 1.18. The van der Waals surface area contributed by atoms with E-state index in [4.69, 9.17) is 9.47 Å². The van der Waals surface area contributed by atoms with E-state index in [2.05, 4.69) is 27.4 Å². The summed E-state index contributed by atoms with van der Waals surface area (Å²) in [5, 5.41) is 14.1. The highest BCUT2D eigenvalue weighted by molar-refractivity contribution is 7.99. The lowest BCUT2D eigenvalue weighted by molar-refractivity contribution is -0.122. The van der Waals surface area contributed by atoms with Crippen LogP contribution in [0.2, 0.25) is 0 Å². The first-order valence-electron chi connectivity index (χ1n) is 10.4. The monoisotopic (exact) mass is 483 g/mol. The third-order valence-electron chi connectivity index (χ3n) is 4.76. The minimum absolute atomic E-state index is 0.0317. The smallest absolute Gasteiger partial charge is 0.243 e. The highest BCUT2D eigenvalue weighted by Gasteiger charge is 2.28. The maximum Gasteiger partial charge on any atom is 0.243 e. The molecule has 2 aromatic carbocycles. The number of nitrogens with one attached hydrogen (secondary N) is 2. The van der Waals surface area contributed by atoms with Crippen LogP contribution in [0.1, 0.15) is 11.9 Å². The molecule has 1 atom stereocenters. The Kier molecular flexibility index (Phi) is 7.43. The molecule has 0 saturated carbocycles. The van der Waals surface area contributed by atoms with Gasteiger partial charge in [-0.3, -0.25) is 14.2 Å². The molecule has 0 fully saturated rings. The van der Waals surface area contributed by atoms with Crippen LogP contribution in [0.5, 0.6) is 11.5 Å². The lowest BCUT2D eigenvalue weighted by Gasteiger charge is -2.26. The van der Waals surface area contributed by atoms with Gasteiger partial charge in [-0.15, -0.1) is 16.8 Å². The number of aromatic nitrogens is 3. The van der Waals surface area contributed by atoms with E-state index in [0.717, 1.165) is 0 Å². The van der Waals surface area contributed by atoms with E-state index in [1.165, 1.54) is 36.0 Å². The average Bonchev–Trinajstić information content (AvgIpc) is 3.25. The number of fused-ring (bicyclic) bond motifs is 1. The normalized spacial score (nSPS) is 14.3. The number of benzene rings is 2. The van der Waals surface area contributed by atoms with Crippen molar-refractivity contribution in [1.29, 1.82) is 0 Å². The molecule has 2 amide bonds. The predicted molar refractivity (Wildman–Crippen MR) is 124 cm³/mol. The molecule has 1 aromatic heterocycles. The standard InChI is InChI=1S/C23H22FN5O4S/c1-2-11-29-22(19-13-32-17-5-3-4-6-18(17)33-19)27-28-23(29)34-14-21(31)25-12-20(30)26-16-9-7-15(24)8-10-16/h2-10,19H,1,11-14H2,(H,25,31)(H,26,30). The Morgan fingerprint density at radius 1 is 1.15 bits per heavy atom. The van der Waals surface area contributed by atoms with E-state index in [1.54, 1.807) is 6.08 Å². The first kappa shape index (κ1) is 23.3. The van der Waals surface area contributed by atoms with Crippen LogP contribution in [-0.2, 0) is 16.1 Å². The van der Waals surface area contributed by atoms with Crippen LogP contribution < -0.4 is 20.1 Å². The number of halogens is 1. The number of allylic oxidation sites excluding steroid dienone is 1. The molecule has 0 aliphatic carbocycles. The topological polar surface area (TPSA) is 107 Å². The summed E-state index contributed by atoms with van der Waals surface area (Å²) in [5.41, 5.74) is 0.441. The number of hydrogen-bond acceptors (Lipinski definition) is 7. The molecule has 1 aliphatic rings. The van der Waals surface area contributed by atoms with Gasteiger partial charge in [-0.05, 0) is 36.4 Å². The first-order chi connectivity index (χ1) is 16.5. The van der Waals surface area contributed by atoms with Crippen molar-refractivity contribution < 1.29 is 23.5 Å². The number of carbonyl (C=O) groups is 2. The van der Waals surface area contributed by atoms with Crippen LogP contribution in [0.25, 0.3) is 0 Å². The zero-order valence-electron chi connectivity index (χ0n) is 18.1. The molecule has 0 spiro atoms. The minimum atomic E-state index is -0.458. The lowest BCUT2D eigenvalue weighted by atomic mass is 10.2. The Morgan fingerprint density at radius 2 is 1.91 bits per heavy atom. The van der Waals surface area contributed by atoms with Gasteiger partial charge in [0.1, 0.15) is 12.4 Å². The molecule has 34 heavy (non-hydrogen) atoms. The number of para-hydroxylation sites is 2. The third-order valence-corrected chi connectivity index (χ3v) is 5.73. The van der Waals surface area contributed by atoms with Crippen molar-refractivity contribution in [2.45, 2.75) is 17.8 Å². The van der Waals surface area contributed by atoms with Gasteiger partial charge in [0.25, 0.3) is 0 Å². The van der Waals surface area contributed by atoms with Crippen molar-refractivity contribution in [3.63, 3.8) is 0 Å². The maximum absolute atomic E-state index is 12.9. The second-order valence-corrected chi connectivity index (χ2v) is 8.17. The van der Waals surface area contributed by atoms with Gasteiger partial charge in [0, 0.05) is 12.2 Å². The summed E-state index contributed by atoms with van der Waals surface area (Å²) < 4.78 is 26.6. The Bertz CT molecular complexity index is 1180. The number of ether oxygens (including phenoxy) is 2. The molecule has 4 rings (SSSR count). The van der Waals surface area contributed by atoms with E-state index < -0.39 is 17.8 Å². The van der Waals surface area contributed by atoms with Gasteiger partial charge in [0.2, 0.25) is 11.8 Å². The van der Waals surface area contributed by atoms with E-state index in [-0.39, 0.29) is 24.8 Å². The molecular formula is C23H22FN5O4S. The molecule has 0 saturated heterocycles. The van der Waals surface area contributed by atoms with Crippen LogP contribution >= 0.6 is 11.8 Å². The highest BCUT2D eigenvalue weighted by atomic mass is 32.2. The van der Waals surface area contributed by atoms with Crippen molar-refractivity contribution >= 4 is 29.3 Å². The Labute approximate surface area is 199 Å². The van der Waals surface area contributed by atoms with Gasteiger partial charge >= 0.3 is 0 Å². The van der Waals surface area contributed by atoms with E-state index in [1.807, 2.05) is 28.8 Å². The molecule has 0 radical (unpaired) electrons. The number of hydrogen-bond donors (Lipinski definition) is 2. The van der Waals surface area contributed by atoms with Crippen LogP contribution in [0.3, 0.4) is 0 Å². The zero-order valence-corrected chi connectivity index (χ0v) is 18.9. The van der Waals surface area contributed by atoms with Crippen molar-refractivity contribution in [1.82, 2.24) is 20.1 Å². The van der Waals surface area contributed by atoms with Crippen LogP contribution in [-0.4, -0.2) is 45.5 Å². The van der Waals surface area contributed by atoms with E-state index in [9.17, 15) is 14.0 Å². The van der Waals surface area contributed by atoms with Crippen molar-refractivity contribution in [3.8, 4) is 11.5 Å².